The Hall–Kier alpha value is -2.41. The Morgan fingerprint density at radius 3 is 2.41 bits per heavy atom. The van der Waals surface area contributed by atoms with E-state index in [2.05, 4.69) is 12.3 Å². The van der Waals surface area contributed by atoms with Gasteiger partial charge in [0.25, 0.3) is 0 Å². The highest BCUT2D eigenvalue weighted by Gasteiger charge is 2.21. The Morgan fingerprint density at radius 2 is 1.78 bits per heavy atom. The quantitative estimate of drug-likeness (QED) is 0.178. The van der Waals surface area contributed by atoms with E-state index in [9.17, 15) is 4.79 Å². The molecular formula is C25H41N3O4. The smallest absolute Gasteiger partial charge is 0.361 e. The van der Waals surface area contributed by atoms with Crippen LogP contribution in [-0.4, -0.2) is 25.3 Å². The molecule has 2 fully saturated rings. The van der Waals surface area contributed by atoms with Crippen LogP contribution in [0.15, 0.2) is 41.9 Å². The van der Waals surface area contributed by atoms with Crippen LogP contribution in [-0.2, 0) is 14.3 Å². The summed E-state index contributed by atoms with van der Waals surface area (Å²) in [5.74, 6) is 7.33. The molecule has 1 aromatic rings. The molecule has 2 aliphatic carbocycles. The summed E-state index contributed by atoms with van der Waals surface area (Å²) in [7, 11) is 0. The number of hydrogen-bond donors (Lipinski definition) is 3. The fourth-order valence-corrected chi connectivity index (χ4v) is 4.30. The predicted molar refractivity (Wildman–Crippen MR) is 126 cm³/mol. The Kier molecular flexibility index (Phi) is 11.8. The van der Waals surface area contributed by atoms with Gasteiger partial charge in [-0.3, -0.25) is 5.84 Å². The third-order valence-electron chi connectivity index (χ3n) is 5.99. The van der Waals surface area contributed by atoms with Crippen LogP contribution in [0.2, 0.25) is 0 Å². The predicted octanol–water partition coefficient (Wildman–Crippen LogP) is 4.38. The van der Waals surface area contributed by atoms with Crippen molar-refractivity contribution in [3.8, 4) is 5.75 Å². The molecule has 180 valence electrons. The zero-order valence-electron chi connectivity index (χ0n) is 19.7. The number of nitrogens with two attached hydrogens (primary N) is 2. The van der Waals surface area contributed by atoms with Crippen molar-refractivity contribution >= 4 is 5.97 Å². The summed E-state index contributed by atoms with van der Waals surface area (Å²) in [5.41, 5.74) is 7.92. The van der Waals surface area contributed by atoms with Crippen LogP contribution in [0.4, 0.5) is 0 Å². The average Bonchev–Trinajstić information content (AvgIpc) is 2.80. The van der Waals surface area contributed by atoms with Crippen LogP contribution in [0.5, 0.6) is 5.75 Å². The number of para-hydroxylation sites is 1. The Bertz CT molecular complexity index is 690. The molecule has 2 aliphatic rings. The van der Waals surface area contributed by atoms with Crippen LogP contribution in [0, 0.1) is 11.8 Å². The van der Waals surface area contributed by atoms with Gasteiger partial charge in [-0.05, 0) is 69.4 Å². The fraction of sp³-hybridized carbons (Fsp3) is 0.640. The Balaban J connectivity index is 0.000000228. The van der Waals surface area contributed by atoms with Crippen molar-refractivity contribution in [2.45, 2.75) is 77.7 Å². The molecule has 0 radical (unpaired) electrons. The lowest BCUT2D eigenvalue weighted by molar-refractivity contribution is -0.139. The van der Waals surface area contributed by atoms with Crippen molar-refractivity contribution in [3.05, 3.63) is 41.9 Å². The lowest BCUT2D eigenvalue weighted by Gasteiger charge is -2.26. The molecule has 2 saturated carbocycles. The summed E-state index contributed by atoms with van der Waals surface area (Å²) in [5, 5.41) is 0. The summed E-state index contributed by atoms with van der Waals surface area (Å²) in [4.78, 5) is 11.5. The monoisotopic (exact) mass is 447 g/mol. The SMILES string of the molecule is CC1CCCC(COc2ccccc2)C1.CCOC(=O)/C(NN)=C(/N)OC1CCCCC1. The number of nitrogens with one attached hydrogen (secondary N) is 1. The van der Waals surface area contributed by atoms with Gasteiger partial charge in [0.2, 0.25) is 5.88 Å². The van der Waals surface area contributed by atoms with E-state index < -0.39 is 5.97 Å². The van der Waals surface area contributed by atoms with E-state index in [1.807, 2.05) is 30.3 Å². The Morgan fingerprint density at radius 1 is 1.06 bits per heavy atom. The number of benzene rings is 1. The van der Waals surface area contributed by atoms with E-state index in [-0.39, 0.29) is 24.3 Å². The highest BCUT2D eigenvalue weighted by Crippen LogP contribution is 2.29. The molecule has 0 amide bonds. The highest BCUT2D eigenvalue weighted by molar-refractivity contribution is 5.88. The fourth-order valence-electron chi connectivity index (χ4n) is 4.30. The van der Waals surface area contributed by atoms with E-state index in [4.69, 9.17) is 25.8 Å². The molecule has 7 heteroatoms. The van der Waals surface area contributed by atoms with Gasteiger partial charge < -0.3 is 25.4 Å². The molecule has 0 spiro atoms. The lowest BCUT2D eigenvalue weighted by atomic mass is 9.83. The van der Waals surface area contributed by atoms with E-state index in [1.165, 1.54) is 32.1 Å². The summed E-state index contributed by atoms with van der Waals surface area (Å²) in [6.45, 7) is 5.23. The topological polar surface area (TPSA) is 109 Å². The molecule has 5 N–H and O–H groups in total. The third kappa shape index (κ3) is 9.39. The Labute approximate surface area is 192 Å². The van der Waals surface area contributed by atoms with Gasteiger partial charge in [-0.15, -0.1) is 0 Å². The second kappa shape index (κ2) is 14.6. The van der Waals surface area contributed by atoms with Gasteiger partial charge in [-0.1, -0.05) is 44.4 Å². The van der Waals surface area contributed by atoms with Gasteiger partial charge in [-0.2, -0.15) is 0 Å². The van der Waals surface area contributed by atoms with Gasteiger partial charge >= 0.3 is 5.97 Å². The zero-order chi connectivity index (χ0) is 23.2. The molecule has 0 saturated heterocycles. The molecule has 3 rings (SSSR count). The summed E-state index contributed by atoms with van der Waals surface area (Å²) >= 11 is 0. The first-order chi connectivity index (χ1) is 15.5. The van der Waals surface area contributed by atoms with Crippen molar-refractivity contribution in [2.75, 3.05) is 13.2 Å². The summed E-state index contributed by atoms with van der Waals surface area (Å²) in [6.07, 6.45) is 10.9. The zero-order valence-corrected chi connectivity index (χ0v) is 19.7. The number of carbonyl (C=O) groups excluding carboxylic acids is 1. The molecule has 2 unspecified atom stereocenters. The maximum Gasteiger partial charge on any atom is 0.361 e. The van der Waals surface area contributed by atoms with Crippen LogP contribution in [0.25, 0.3) is 0 Å². The minimum atomic E-state index is -0.594. The minimum Gasteiger partial charge on any atom is -0.493 e. The third-order valence-corrected chi connectivity index (χ3v) is 5.99. The maximum absolute atomic E-state index is 11.5. The van der Waals surface area contributed by atoms with Crippen LogP contribution >= 0.6 is 0 Å². The van der Waals surface area contributed by atoms with Crippen molar-refractivity contribution in [1.29, 1.82) is 0 Å². The standard InChI is InChI=1S/C14H20O.C11H21N3O3/c1-12-6-5-7-13(10-12)11-15-14-8-3-2-4-9-14;1-2-16-11(15)9(14-13)10(12)17-8-6-4-3-5-7-8/h2-4,8-9,12-13H,5-7,10-11H2,1H3;8,14H,2-7,12-13H2,1H3/b;10-9+. The molecule has 32 heavy (non-hydrogen) atoms. The summed E-state index contributed by atoms with van der Waals surface area (Å²) in [6, 6.07) is 10.1. The number of rotatable bonds is 8. The van der Waals surface area contributed by atoms with Gasteiger partial charge in [0.1, 0.15) is 11.9 Å². The van der Waals surface area contributed by atoms with Crippen molar-refractivity contribution in [3.63, 3.8) is 0 Å². The molecule has 1 aromatic carbocycles. The average molecular weight is 448 g/mol. The maximum atomic E-state index is 11.5. The van der Waals surface area contributed by atoms with E-state index in [0.717, 1.165) is 49.9 Å². The van der Waals surface area contributed by atoms with Crippen molar-refractivity contribution < 1.29 is 19.0 Å². The largest absolute Gasteiger partial charge is 0.493 e. The molecule has 0 bridgehead atoms. The first kappa shape index (κ1) is 25.8. The van der Waals surface area contributed by atoms with Crippen molar-refractivity contribution in [2.24, 2.45) is 23.4 Å². The molecule has 7 nitrogen and oxygen atoms in total. The normalized spacial score (nSPS) is 22.0. The lowest BCUT2D eigenvalue weighted by Crippen LogP contribution is -2.33. The number of ether oxygens (including phenoxy) is 3. The number of hydrogen-bond acceptors (Lipinski definition) is 7. The molecule has 0 aliphatic heterocycles. The first-order valence-corrected chi connectivity index (χ1v) is 12.0. The second-order valence-electron chi connectivity index (χ2n) is 8.74. The van der Waals surface area contributed by atoms with Crippen LogP contribution < -0.4 is 21.7 Å². The number of carbonyl (C=O) groups is 1. The van der Waals surface area contributed by atoms with Gasteiger partial charge in [-0.25, -0.2) is 4.79 Å². The van der Waals surface area contributed by atoms with Gasteiger partial charge in [0.15, 0.2) is 5.70 Å². The second-order valence-corrected chi connectivity index (χ2v) is 8.74. The minimum absolute atomic E-state index is 0.0119. The summed E-state index contributed by atoms with van der Waals surface area (Å²) < 4.78 is 16.1. The first-order valence-electron chi connectivity index (χ1n) is 12.0. The van der Waals surface area contributed by atoms with Crippen LogP contribution in [0.3, 0.4) is 0 Å². The van der Waals surface area contributed by atoms with E-state index in [1.54, 1.807) is 6.92 Å². The number of hydrazine groups is 1. The molecule has 2 atom stereocenters. The highest BCUT2D eigenvalue weighted by atomic mass is 16.5. The molecular weight excluding hydrogens is 406 g/mol. The molecule has 0 heterocycles. The van der Waals surface area contributed by atoms with E-state index >= 15 is 0 Å². The van der Waals surface area contributed by atoms with Crippen molar-refractivity contribution in [1.82, 2.24) is 5.43 Å². The van der Waals surface area contributed by atoms with Gasteiger partial charge in [0, 0.05) is 0 Å². The van der Waals surface area contributed by atoms with E-state index in [0.29, 0.717) is 0 Å². The van der Waals surface area contributed by atoms with Gasteiger partial charge in [0.05, 0.1) is 13.2 Å². The van der Waals surface area contributed by atoms with Crippen LogP contribution in [0.1, 0.15) is 71.6 Å². The molecule has 0 aromatic heterocycles. The number of esters is 1.